The SMILES string of the molecule is O=C(Nc1cccnc1)c1c(O)c2ccc(Cl)cc2[nH]c1=O. The number of carbonyl (C=O) groups is 1. The van der Waals surface area contributed by atoms with Gasteiger partial charge in [-0.1, -0.05) is 11.6 Å². The molecule has 22 heavy (non-hydrogen) atoms. The molecule has 3 aromatic rings. The van der Waals surface area contributed by atoms with Gasteiger partial charge in [-0.3, -0.25) is 14.6 Å². The molecule has 0 aliphatic rings. The summed E-state index contributed by atoms with van der Waals surface area (Å²) in [5.74, 6) is -1.11. The molecular formula is C15H10ClN3O3. The van der Waals surface area contributed by atoms with Crippen molar-refractivity contribution < 1.29 is 9.90 Å². The van der Waals surface area contributed by atoms with E-state index in [4.69, 9.17) is 11.6 Å². The highest BCUT2D eigenvalue weighted by Crippen LogP contribution is 2.27. The summed E-state index contributed by atoms with van der Waals surface area (Å²) in [7, 11) is 0. The number of amides is 1. The van der Waals surface area contributed by atoms with Gasteiger partial charge in [-0.15, -0.1) is 0 Å². The van der Waals surface area contributed by atoms with E-state index in [0.717, 1.165) is 0 Å². The molecule has 0 aliphatic heterocycles. The molecule has 0 saturated carbocycles. The quantitative estimate of drug-likeness (QED) is 0.677. The van der Waals surface area contributed by atoms with Crippen molar-refractivity contribution in [2.24, 2.45) is 0 Å². The van der Waals surface area contributed by atoms with Crippen LogP contribution in [0.5, 0.6) is 5.75 Å². The van der Waals surface area contributed by atoms with E-state index >= 15 is 0 Å². The average Bonchev–Trinajstić information content (AvgIpc) is 2.47. The van der Waals surface area contributed by atoms with Gasteiger partial charge in [0.05, 0.1) is 17.4 Å². The van der Waals surface area contributed by atoms with Gasteiger partial charge in [-0.25, -0.2) is 0 Å². The number of H-pyrrole nitrogens is 1. The number of rotatable bonds is 2. The van der Waals surface area contributed by atoms with Gasteiger partial charge >= 0.3 is 0 Å². The molecule has 0 fully saturated rings. The number of hydrogen-bond donors (Lipinski definition) is 3. The van der Waals surface area contributed by atoms with Crippen molar-refractivity contribution in [1.29, 1.82) is 0 Å². The van der Waals surface area contributed by atoms with Crippen LogP contribution in [0.25, 0.3) is 10.9 Å². The highest BCUT2D eigenvalue weighted by Gasteiger charge is 2.19. The molecule has 1 aromatic carbocycles. The van der Waals surface area contributed by atoms with E-state index < -0.39 is 17.2 Å². The highest BCUT2D eigenvalue weighted by molar-refractivity contribution is 6.31. The van der Waals surface area contributed by atoms with Gasteiger partial charge in [0.25, 0.3) is 11.5 Å². The fraction of sp³-hybridized carbons (Fsp3) is 0. The number of nitrogens with one attached hydrogen (secondary N) is 2. The van der Waals surface area contributed by atoms with Crippen LogP contribution in [-0.2, 0) is 0 Å². The minimum absolute atomic E-state index is 0.334. The van der Waals surface area contributed by atoms with Crippen molar-refractivity contribution in [2.75, 3.05) is 5.32 Å². The number of fused-ring (bicyclic) bond motifs is 1. The van der Waals surface area contributed by atoms with E-state index in [-0.39, 0.29) is 5.56 Å². The molecule has 0 spiro atoms. The van der Waals surface area contributed by atoms with Crippen molar-refractivity contribution in [1.82, 2.24) is 9.97 Å². The van der Waals surface area contributed by atoms with Gasteiger partial charge in [-0.2, -0.15) is 0 Å². The zero-order valence-corrected chi connectivity index (χ0v) is 11.9. The van der Waals surface area contributed by atoms with Crippen LogP contribution in [0, 0.1) is 0 Å². The number of carbonyl (C=O) groups excluding carboxylic acids is 1. The molecule has 110 valence electrons. The van der Waals surface area contributed by atoms with E-state index in [9.17, 15) is 14.7 Å². The minimum atomic E-state index is -0.719. The summed E-state index contributed by atoms with van der Waals surface area (Å²) in [6.07, 6.45) is 2.99. The van der Waals surface area contributed by atoms with Gasteiger partial charge in [0.15, 0.2) is 0 Å². The predicted molar refractivity (Wildman–Crippen MR) is 83.4 cm³/mol. The maximum Gasteiger partial charge on any atom is 0.265 e. The summed E-state index contributed by atoms with van der Waals surface area (Å²) in [5.41, 5.74) is -0.289. The van der Waals surface area contributed by atoms with Gasteiger partial charge in [0.2, 0.25) is 0 Å². The van der Waals surface area contributed by atoms with Crippen LogP contribution in [0.3, 0.4) is 0 Å². The molecule has 3 rings (SSSR count). The Bertz CT molecular complexity index is 922. The van der Waals surface area contributed by atoms with Crippen molar-refractivity contribution >= 4 is 34.1 Å². The highest BCUT2D eigenvalue weighted by atomic mass is 35.5. The van der Waals surface area contributed by atoms with E-state index in [2.05, 4.69) is 15.3 Å². The van der Waals surface area contributed by atoms with Crippen LogP contribution in [0.1, 0.15) is 10.4 Å². The summed E-state index contributed by atoms with van der Waals surface area (Å²) in [6.45, 7) is 0. The number of pyridine rings is 2. The molecule has 0 aliphatic carbocycles. The van der Waals surface area contributed by atoms with Crippen LogP contribution >= 0.6 is 11.6 Å². The normalized spacial score (nSPS) is 10.6. The lowest BCUT2D eigenvalue weighted by Crippen LogP contribution is -2.23. The monoisotopic (exact) mass is 315 g/mol. The minimum Gasteiger partial charge on any atom is -0.506 e. The Labute approximate surface area is 129 Å². The topological polar surface area (TPSA) is 95.1 Å². The van der Waals surface area contributed by atoms with E-state index in [0.29, 0.717) is 21.6 Å². The zero-order chi connectivity index (χ0) is 15.7. The Balaban J connectivity index is 2.09. The lowest BCUT2D eigenvalue weighted by molar-refractivity contribution is 0.102. The van der Waals surface area contributed by atoms with E-state index in [1.54, 1.807) is 24.4 Å². The third-order valence-corrected chi connectivity index (χ3v) is 3.33. The number of nitrogens with zero attached hydrogens (tertiary/aromatic N) is 1. The van der Waals surface area contributed by atoms with Crippen molar-refractivity contribution in [3.8, 4) is 5.75 Å². The summed E-state index contributed by atoms with van der Waals surface area (Å²) >= 11 is 5.84. The van der Waals surface area contributed by atoms with Crippen LogP contribution in [0.4, 0.5) is 5.69 Å². The summed E-state index contributed by atoms with van der Waals surface area (Å²) < 4.78 is 0. The zero-order valence-electron chi connectivity index (χ0n) is 11.1. The van der Waals surface area contributed by atoms with Crippen molar-refractivity contribution in [3.05, 3.63) is 63.7 Å². The fourth-order valence-electron chi connectivity index (χ4n) is 2.09. The first-order chi connectivity index (χ1) is 10.6. The molecule has 6 nitrogen and oxygen atoms in total. The van der Waals surface area contributed by atoms with Crippen LogP contribution in [0.2, 0.25) is 5.02 Å². The lowest BCUT2D eigenvalue weighted by atomic mass is 10.1. The van der Waals surface area contributed by atoms with Gasteiger partial charge in [0.1, 0.15) is 11.3 Å². The van der Waals surface area contributed by atoms with Gasteiger partial charge in [0, 0.05) is 16.6 Å². The molecule has 0 radical (unpaired) electrons. The fourth-order valence-corrected chi connectivity index (χ4v) is 2.27. The Morgan fingerprint density at radius 3 is 2.86 bits per heavy atom. The molecule has 0 saturated heterocycles. The Hall–Kier alpha value is -2.86. The summed E-state index contributed by atoms with van der Waals surface area (Å²) in [6, 6.07) is 7.86. The maximum absolute atomic E-state index is 12.2. The van der Waals surface area contributed by atoms with Gasteiger partial charge < -0.3 is 15.4 Å². The second-order valence-electron chi connectivity index (χ2n) is 4.56. The number of hydrogen-bond acceptors (Lipinski definition) is 4. The third kappa shape index (κ3) is 2.51. The third-order valence-electron chi connectivity index (χ3n) is 3.10. The molecular weight excluding hydrogens is 306 g/mol. The lowest BCUT2D eigenvalue weighted by Gasteiger charge is -2.08. The largest absolute Gasteiger partial charge is 0.506 e. The molecule has 3 N–H and O–H groups in total. The predicted octanol–water partition coefficient (Wildman–Crippen LogP) is 2.53. The first-order valence-corrected chi connectivity index (χ1v) is 6.70. The summed E-state index contributed by atoms with van der Waals surface area (Å²) in [4.78, 5) is 30.7. The van der Waals surface area contributed by atoms with E-state index in [1.165, 1.54) is 18.3 Å². The second kappa shape index (κ2) is 5.50. The van der Waals surface area contributed by atoms with Crippen molar-refractivity contribution in [2.45, 2.75) is 0 Å². The molecule has 0 atom stereocenters. The van der Waals surface area contributed by atoms with E-state index in [1.807, 2.05) is 0 Å². The van der Waals surface area contributed by atoms with Crippen LogP contribution in [0.15, 0.2) is 47.5 Å². The number of halogens is 1. The number of aromatic nitrogens is 2. The molecule has 7 heteroatoms. The molecule has 1 amide bonds. The first-order valence-electron chi connectivity index (χ1n) is 6.32. The number of aromatic amines is 1. The number of anilines is 1. The number of benzene rings is 1. The first kappa shape index (κ1) is 14.1. The van der Waals surface area contributed by atoms with Crippen LogP contribution in [-0.4, -0.2) is 21.0 Å². The molecule has 2 heterocycles. The Morgan fingerprint density at radius 1 is 1.32 bits per heavy atom. The smallest absolute Gasteiger partial charge is 0.265 e. The average molecular weight is 316 g/mol. The summed E-state index contributed by atoms with van der Waals surface area (Å²) in [5, 5.41) is 13.5. The maximum atomic E-state index is 12.2. The van der Waals surface area contributed by atoms with Crippen LogP contribution < -0.4 is 10.9 Å². The van der Waals surface area contributed by atoms with Gasteiger partial charge in [-0.05, 0) is 30.3 Å². The molecule has 0 bridgehead atoms. The van der Waals surface area contributed by atoms with Crippen molar-refractivity contribution in [3.63, 3.8) is 0 Å². The molecule has 0 unspecified atom stereocenters. The number of aromatic hydroxyl groups is 1. The second-order valence-corrected chi connectivity index (χ2v) is 5.00. The Kier molecular flexibility index (Phi) is 3.52. The standard InChI is InChI=1S/C15H10ClN3O3/c16-8-3-4-10-11(6-8)19-15(22)12(13(10)20)14(21)18-9-2-1-5-17-7-9/h1-7H,(H,18,21)(H2,19,20,22). The Morgan fingerprint density at radius 2 is 2.14 bits per heavy atom. The molecule has 2 aromatic heterocycles.